The van der Waals surface area contributed by atoms with Gasteiger partial charge in [-0.3, -0.25) is 4.79 Å². The molecule has 1 aromatic heterocycles. The summed E-state index contributed by atoms with van der Waals surface area (Å²) in [5.41, 5.74) is 1.19. The van der Waals surface area contributed by atoms with E-state index in [4.69, 9.17) is 5.11 Å². The van der Waals surface area contributed by atoms with Gasteiger partial charge >= 0.3 is 5.97 Å². The van der Waals surface area contributed by atoms with Crippen molar-refractivity contribution in [1.29, 1.82) is 0 Å². The summed E-state index contributed by atoms with van der Waals surface area (Å²) in [7, 11) is 0. The highest BCUT2D eigenvalue weighted by Crippen LogP contribution is 2.25. The zero-order valence-corrected chi connectivity index (χ0v) is 12.6. The van der Waals surface area contributed by atoms with Crippen molar-refractivity contribution >= 4 is 17.6 Å². The van der Waals surface area contributed by atoms with Crippen molar-refractivity contribution in [3.63, 3.8) is 0 Å². The van der Waals surface area contributed by atoms with E-state index in [1.54, 1.807) is 24.3 Å². The summed E-state index contributed by atoms with van der Waals surface area (Å²) < 4.78 is 1.37. The molecule has 0 spiro atoms. The first kappa shape index (κ1) is 15.2. The second-order valence-electron chi connectivity index (χ2n) is 5.73. The number of carbonyl (C=O) groups excluding carboxylic acids is 1. The molecular weight excluding hydrogens is 296 g/mol. The highest BCUT2D eigenvalue weighted by molar-refractivity contribution is 5.92. The largest absolute Gasteiger partial charge is 0.476 e. The Morgan fingerprint density at radius 1 is 1.22 bits per heavy atom. The van der Waals surface area contributed by atoms with Gasteiger partial charge in [-0.1, -0.05) is 30.5 Å². The lowest BCUT2D eigenvalue weighted by Crippen LogP contribution is -2.24. The summed E-state index contributed by atoms with van der Waals surface area (Å²) in [5.74, 6) is -0.998. The summed E-state index contributed by atoms with van der Waals surface area (Å²) in [6.07, 6.45) is 6.64. The highest BCUT2D eigenvalue weighted by Gasteiger charge is 2.21. The zero-order chi connectivity index (χ0) is 16.2. The molecule has 2 N–H and O–H groups in total. The number of hydrogen-bond donors (Lipinski definition) is 2. The number of carbonyl (C=O) groups is 2. The van der Waals surface area contributed by atoms with E-state index in [1.165, 1.54) is 17.3 Å². The van der Waals surface area contributed by atoms with E-state index in [0.29, 0.717) is 11.4 Å². The molecule has 1 aromatic carbocycles. The van der Waals surface area contributed by atoms with Crippen molar-refractivity contribution < 1.29 is 14.7 Å². The van der Waals surface area contributed by atoms with Crippen molar-refractivity contribution in [2.45, 2.75) is 32.1 Å². The van der Waals surface area contributed by atoms with E-state index in [-0.39, 0.29) is 17.5 Å². The summed E-state index contributed by atoms with van der Waals surface area (Å²) in [6, 6.07) is 7.12. The third-order valence-electron chi connectivity index (χ3n) is 4.07. The molecular formula is C16H18N4O3. The van der Waals surface area contributed by atoms with E-state index < -0.39 is 5.97 Å². The number of amides is 1. The maximum atomic E-state index is 12.3. The van der Waals surface area contributed by atoms with Crippen LogP contribution >= 0.6 is 0 Å². The minimum atomic E-state index is -1.13. The van der Waals surface area contributed by atoms with Gasteiger partial charge in [-0.15, -0.1) is 5.10 Å². The average Bonchev–Trinajstić information content (AvgIpc) is 3.06. The number of nitrogens with zero attached hydrogens (tertiary/aromatic N) is 3. The van der Waals surface area contributed by atoms with Crippen molar-refractivity contribution in [1.82, 2.24) is 15.0 Å². The van der Waals surface area contributed by atoms with Crippen molar-refractivity contribution in [3.05, 3.63) is 36.2 Å². The number of benzene rings is 1. The number of anilines is 1. The molecule has 0 radical (unpaired) electrons. The first-order chi connectivity index (χ1) is 11.1. The second-order valence-corrected chi connectivity index (χ2v) is 5.73. The molecule has 3 rings (SSSR count). The Labute approximate surface area is 133 Å². The fraction of sp³-hybridized carbons (Fsp3) is 0.375. The Hall–Kier alpha value is -2.70. The van der Waals surface area contributed by atoms with Crippen molar-refractivity contribution in [2.24, 2.45) is 5.92 Å². The van der Waals surface area contributed by atoms with Crippen LogP contribution in [0.25, 0.3) is 5.69 Å². The topological polar surface area (TPSA) is 97.1 Å². The van der Waals surface area contributed by atoms with Crippen LogP contribution in [0.5, 0.6) is 0 Å². The standard InChI is InChI=1S/C16H18N4O3/c21-15(11-5-2-1-3-6-11)17-12-7-4-8-13(9-12)20-10-14(16(22)23)18-19-20/h4,7-11H,1-3,5-6H2,(H,17,21)(H,22,23). The molecule has 2 aromatic rings. The lowest BCUT2D eigenvalue weighted by Gasteiger charge is -2.20. The van der Waals surface area contributed by atoms with Crippen LogP contribution in [0.3, 0.4) is 0 Å². The normalized spacial score (nSPS) is 15.3. The predicted octanol–water partition coefficient (Wildman–Crippen LogP) is 2.48. The summed E-state index contributed by atoms with van der Waals surface area (Å²) in [4.78, 5) is 23.1. The van der Waals surface area contributed by atoms with Crippen molar-refractivity contribution in [2.75, 3.05) is 5.32 Å². The van der Waals surface area contributed by atoms with E-state index in [2.05, 4.69) is 15.6 Å². The zero-order valence-electron chi connectivity index (χ0n) is 12.6. The highest BCUT2D eigenvalue weighted by atomic mass is 16.4. The molecule has 1 aliphatic rings. The maximum Gasteiger partial charge on any atom is 0.358 e. The molecule has 0 atom stereocenters. The minimum absolute atomic E-state index is 0.0478. The SMILES string of the molecule is O=C(O)c1cn(-c2cccc(NC(=O)C3CCCCC3)c2)nn1. The fourth-order valence-corrected chi connectivity index (χ4v) is 2.82. The molecule has 1 heterocycles. The molecule has 120 valence electrons. The van der Waals surface area contributed by atoms with Crippen LogP contribution in [0.1, 0.15) is 42.6 Å². The predicted molar refractivity (Wildman–Crippen MR) is 83.5 cm³/mol. The van der Waals surface area contributed by atoms with Gasteiger partial charge in [0.05, 0.1) is 11.9 Å². The minimum Gasteiger partial charge on any atom is -0.476 e. The van der Waals surface area contributed by atoms with Crippen LogP contribution in [-0.4, -0.2) is 32.0 Å². The van der Waals surface area contributed by atoms with Gasteiger partial charge in [0.1, 0.15) is 0 Å². The molecule has 1 saturated carbocycles. The lowest BCUT2D eigenvalue weighted by molar-refractivity contribution is -0.120. The second kappa shape index (κ2) is 6.60. The molecule has 7 heteroatoms. The molecule has 1 aliphatic carbocycles. The Kier molecular flexibility index (Phi) is 4.36. The van der Waals surface area contributed by atoms with Crippen LogP contribution in [0.4, 0.5) is 5.69 Å². The molecule has 23 heavy (non-hydrogen) atoms. The number of aromatic carboxylic acids is 1. The van der Waals surface area contributed by atoms with Gasteiger partial charge in [0.25, 0.3) is 0 Å². The molecule has 1 amide bonds. The number of hydrogen-bond acceptors (Lipinski definition) is 4. The molecule has 0 aliphatic heterocycles. The molecule has 0 unspecified atom stereocenters. The van der Waals surface area contributed by atoms with Crippen LogP contribution in [0.2, 0.25) is 0 Å². The van der Waals surface area contributed by atoms with Gasteiger partial charge < -0.3 is 10.4 Å². The summed E-state index contributed by atoms with van der Waals surface area (Å²) >= 11 is 0. The van der Waals surface area contributed by atoms with E-state index in [0.717, 1.165) is 25.7 Å². The van der Waals surface area contributed by atoms with Crippen molar-refractivity contribution in [3.8, 4) is 5.69 Å². The smallest absolute Gasteiger partial charge is 0.358 e. The quantitative estimate of drug-likeness (QED) is 0.903. The van der Waals surface area contributed by atoms with E-state index >= 15 is 0 Å². The summed E-state index contributed by atoms with van der Waals surface area (Å²) in [5, 5.41) is 19.2. The Morgan fingerprint density at radius 3 is 2.70 bits per heavy atom. The Morgan fingerprint density at radius 2 is 2.00 bits per heavy atom. The third-order valence-corrected chi connectivity index (χ3v) is 4.07. The maximum absolute atomic E-state index is 12.3. The Bertz CT molecular complexity index is 720. The number of carboxylic acids is 1. The van der Waals surface area contributed by atoms with Gasteiger partial charge in [-0.25, -0.2) is 9.48 Å². The van der Waals surface area contributed by atoms with Gasteiger partial charge in [-0.05, 0) is 31.0 Å². The third kappa shape index (κ3) is 3.56. The van der Waals surface area contributed by atoms with E-state index in [9.17, 15) is 9.59 Å². The van der Waals surface area contributed by atoms with Crippen LogP contribution < -0.4 is 5.32 Å². The molecule has 7 nitrogen and oxygen atoms in total. The van der Waals surface area contributed by atoms with Crippen LogP contribution in [0, 0.1) is 5.92 Å². The first-order valence-corrected chi connectivity index (χ1v) is 7.70. The van der Waals surface area contributed by atoms with Crippen LogP contribution in [-0.2, 0) is 4.79 Å². The Balaban J connectivity index is 1.73. The summed E-state index contributed by atoms with van der Waals surface area (Å²) in [6.45, 7) is 0. The molecule has 0 saturated heterocycles. The molecule has 0 bridgehead atoms. The number of aromatic nitrogens is 3. The number of nitrogens with one attached hydrogen (secondary N) is 1. The average molecular weight is 314 g/mol. The van der Waals surface area contributed by atoms with Gasteiger partial charge in [0.2, 0.25) is 5.91 Å². The lowest BCUT2D eigenvalue weighted by atomic mass is 9.88. The van der Waals surface area contributed by atoms with Gasteiger partial charge in [-0.2, -0.15) is 0 Å². The van der Waals surface area contributed by atoms with E-state index in [1.807, 2.05) is 0 Å². The molecule has 1 fully saturated rings. The number of carboxylic acid groups (broad SMARTS) is 1. The number of rotatable bonds is 4. The fourth-order valence-electron chi connectivity index (χ4n) is 2.82. The van der Waals surface area contributed by atoms with Gasteiger partial charge in [0.15, 0.2) is 5.69 Å². The monoisotopic (exact) mass is 314 g/mol. The van der Waals surface area contributed by atoms with Gasteiger partial charge in [0, 0.05) is 11.6 Å². The van der Waals surface area contributed by atoms with Crippen LogP contribution in [0.15, 0.2) is 30.5 Å². The first-order valence-electron chi connectivity index (χ1n) is 7.70.